The molecule has 0 spiro atoms. The van der Waals surface area contributed by atoms with Gasteiger partial charge in [0, 0.05) is 11.6 Å². The Kier molecular flexibility index (Phi) is 3.48. The monoisotopic (exact) mass is 262 g/mol. The van der Waals surface area contributed by atoms with Crippen LogP contribution < -0.4 is 5.73 Å². The summed E-state index contributed by atoms with van der Waals surface area (Å²) in [5.41, 5.74) is 11.1. The fourth-order valence-corrected chi connectivity index (χ4v) is 2.63. The molecule has 0 bridgehead atoms. The van der Waals surface area contributed by atoms with Crippen molar-refractivity contribution < 1.29 is 0 Å². The first-order valence-electron chi connectivity index (χ1n) is 6.97. The molecule has 0 amide bonds. The van der Waals surface area contributed by atoms with Gasteiger partial charge in [0.15, 0.2) is 0 Å². The van der Waals surface area contributed by atoms with Gasteiger partial charge in [0.05, 0.1) is 11.6 Å². The second kappa shape index (κ2) is 5.43. The van der Waals surface area contributed by atoms with Crippen LogP contribution in [0.1, 0.15) is 29.7 Å². The van der Waals surface area contributed by atoms with E-state index < -0.39 is 0 Å². The van der Waals surface area contributed by atoms with E-state index in [4.69, 9.17) is 5.73 Å². The van der Waals surface area contributed by atoms with E-state index in [1.54, 1.807) is 0 Å². The molecule has 20 heavy (non-hydrogen) atoms. The van der Waals surface area contributed by atoms with Gasteiger partial charge in [0.2, 0.25) is 0 Å². The molecule has 0 aliphatic heterocycles. The highest BCUT2D eigenvalue weighted by Gasteiger charge is 2.12. The number of fused-ring (bicyclic) bond motifs is 1. The molecule has 2 heteroatoms. The summed E-state index contributed by atoms with van der Waals surface area (Å²) in [7, 11) is 0. The zero-order valence-electron chi connectivity index (χ0n) is 11.6. The number of pyridine rings is 1. The zero-order valence-corrected chi connectivity index (χ0v) is 11.6. The number of rotatable bonds is 3. The van der Waals surface area contributed by atoms with Crippen LogP contribution in [0.3, 0.4) is 0 Å². The molecule has 0 saturated carbocycles. The van der Waals surface area contributed by atoms with Crippen LogP contribution in [0, 0.1) is 0 Å². The van der Waals surface area contributed by atoms with E-state index in [0.29, 0.717) is 0 Å². The van der Waals surface area contributed by atoms with Crippen LogP contribution in [0.4, 0.5) is 0 Å². The highest BCUT2D eigenvalue weighted by atomic mass is 14.7. The average molecular weight is 262 g/mol. The van der Waals surface area contributed by atoms with Crippen molar-refractivity contribution in [2.45, 2.75) is 19.4 Å². The average Bonchev–Trinajstić information content (AvgIpc) is 2.53. The molecule has 0 aliphatic carbocycles. The van der Waals surface area contributed by atoms with Crippen LogP contribution in [-0.2, 0) is 6.42 Å². The highest BCUT2D eigenvalue weighted by Crippen LogP contribution is 2.25. The number of aromatic nitrogens is 1. The van der Waals surface area contributed by atoms with E-state index in [2.05, 4.69) is 54.4 Å². The topological polar surface area (TPSA) is 38.9 Å². The van der Waals surface area contributed by atoms with Crippen molar-refractivity contribution in [2.24, 2.45) is 5.73 Å². The van der Waals surface area contributed by atoms with Crippen LogP contribution in [0.2, 0.25) is 0 Å². The van der Waals surface area contributed by atoms with Crippen LogP contribution in [-0.4, -0.2) is 4.98 Å². The van der Waals surface area contributed by atoms with Crippen LogP contribution in [0.15, 0.2) is 60.8 Å². The third-order valence-corrected chi connectivity index (χ3v) is 3.76. The first kappa shape index (κ1) is 12.8. The van der Waals surface area contributed by atoms with Gasteiger partial charge in [-0.25, -0.2) is 0 Å². The van der Waals surface area contributed by atoms with E-state index in [1.807, 2.05) is 18.3 Å². The lowest BCUT2D eigenvalue weighted by molar-refractivity contribution is 0.851. The molecule has 0 fully saturated rings. The summed E-state index contributed by atoms with van der Waals surface area (Å²) in [4.78, 5) is 4.35. The van der Waals surface area contributed by atoms with Gasteiger partial charge in [-0.1, -0.05) is 43.3 Å². The highest BCUT2D eigenvalue weighted by molar-refractivity contribution is 5.79. The molecule has 2 N–H and O–H groups in total. The van der Waals surface area contributed by atoms with Crippen molar-refractivity contribution in [3.8, 4) is 0 Å². The van der Waals surface area contributed by atoms with Crippen molar-refractivity contribution in [1.82, 2.24) is 4.98 Å². The summed E-state index contributed by atoms with van der Waals surface area (Å²) in [5.74, 6) is 0. The minimum Gasteiger partial charge on any atom is -0.320 e. The summed E-state index contributed by atoms with van der Waals surface area (Å²) in [5, 5.41) is 1.13. The van der Waals surface area contributed by atoms with Crippen molar-refractivity contribution in [2.75, 3.05) is 0 Å². The smallest absolute Gasteiger partial charge is 0.0702 e. The maximum absolute atomic E-state index is 6.46. The summed E-state index contributed by atoms with van der Waals surface area (Å²) >= 11 is 0. The molecular formula is C18H18N2. The second-order valence-corrected chi connectivity index (χ2v) is 4.99. The van der Waals surface area contributed by atoms with Gasteiger partial charge in [-0.2, -0.15) is 0 Å². The minimum atomic E-state index is -0.0873. The zero-order chi connectivity index (χ0) is 13.9. The molecule has 2 aromatic carbocycles. The number of hydrogen-bond donors (Lipinski definition) is 1. The number of hydrogen-bond acceptors (Lipinski definition) is 2. The maximum atomic E-state index is 6.46. The molecule has 3 aromatic rings. The Morgan fingerprint density at radius 1 is 1.05 bits per heavy atom. The Balaban J connectivity index is 2.05. The lowest BCUT2D eigenvalue weighted by Gasteiger charge is -2.16. The van der Waals surface area contributed by atoms with Crippen LogP contribution in [0.5, 0.6) is 0 Å². The Bertz CT molecular complexity index is 734. The lowest BCUT2D eigenvalue weighted by atomic mass is 9.93. The molecule has 2 nitrogen and oxygen atoms in total. The maximum Gasteiger partial charge on any atom is 0.0702 e. The Morgan fingerprint density at radius 2 is 1.90 bits per heavy atom. The third-order valence-electron chi connectivity index (χ3n) is 3.76. The Labute approximate surface area is 119 Å². The predicted octanol–water partition coefficient (Wildman–Crippen LogP) is 3.85. The number of benzene rings is 2. The largest absolute Gasteiger partial charge is 0.320 e. The molecule has 0 aliphatic rings. The normalized spacial score (nSPS) is 12.5. The second-order valence-electron chi connectivity index (χ2n) is 4.99. The molecular weight excluding hydrogens is 244 g/mol. The quantitative estimate of drug-likeness (QED) is 0.778. The molecule has 100 valence electrons. The number of nitrogens with two attached hydrogens (primary N) is 1. The summed E-state index contributed by atoms with van der Waals surface area (Å²) in [6.45, 7) is 2.16. The molecule has 1 heterocycles. The van der Waals surface area contributed by atoms with Crippen LogP contribution >= 0.6 is 0 Å². The summed E-state index contributed by atoms with van der Waals surface area (Å²) < 4.78 is 0. The van der Waals surface area contributed by atoms with E-state index >= 15 is 0 Å². The van der Waals surface area contributed by atoms with Crippen molar-refractivity contribution >= 4 is 10.9 Å². The molecule has 1 atom stereocenters. The third kappa shape index (κ3) is 2.30. The van der Waals surface area contributed by atoms with Gasteiger partial charge in [0.1, 0.15) is 0 Å². The SMILES string of the molecule is CCc1ccccc1C(N)c1ccc2ncccc2c1. The molecule has 0 saturated heterocycles. The lowest BCUT2D eigenvalue weighted by Crippen LogP contribution is -2.13. The van der Waals surface area contributed by atoms with Gasteiger partial charge < -0.3 is 5.73 Å². The standard InChI is InChI=1S/C18H18N2/c1-2-13-6-3-4-8-16(13)18(19)15-9-10-17-14(12-15)7-5-11-20-17/h3-12,18H,2,19H2,1H3. The van der Waals surface area contributed by atoms with Crippen molar-refractivity contribution in [3.63, 3.8) is 0 Å². The molecule has 1 aromatic heterocycles. The van der Waals surface area contributed by atoms with Gasteiger partial charge >= 0.3 is 0 Å². The van der Waals surface area contributed by atoms with E-state index in [0.717, 1.165) is 22.9 Å². The van der Waals surface area contributed by atoms with Gasteiger partial charge in [-0.05, 0) is 41.3 Å². The number of nitrogens with zero attached hydrogens (tertiary/aromatic N) is 1. The fourth-order valence-electron chi connectivity index (χ4n) is 2.63. The molecule has 1 unspecified atom stereocenters. The summed E-state index contributed by atoms with van der Waals surface area (Å²) in [6, 6.07) is 18.6. The van der Waals surface area contributed by atoms with E-state index in [1.165, 1.54) is 11.1 Å². The first-order chi connectivity index (χ1) is 9.79. The van der Waals surface area contributed by atoms with E-state index in [9.17, 15) is 0 Å². The molecule has 3 rings (SSSR count). The van der Waals surface area contributed by atoms with E-state index in [-0.39, 0.29) is 6.04 Å². The first-order valence-corrected chi connectivity index (χ1v) is 6.97. The predicted molar refractivity (Wildman–Crippen MR) is 83.6 cm³/mol. The Hall–Kier alpha value is -2.19. The van der Waals surface area contributed by atoms with Crippen molar-refractivity contribution in [1.29, 1.82) is 0 Å². The van der Waals surface area contributed by atoms with Crippen LogP contribution in [0.25, 0.3) is 10.9 Å². The minimum absolute atomic E-state index is 0.0873. The van der Waals surface area contributed by atoms with Gasteiger partial charge in [-0.3, -0.25) is 4.98 Å². The molecule has 0 radical (unpaired) electrons. The number of aryl methyl sites for hydroxylation is 1. The fraction of sp³-hybridized carbons (Fsp3) is 0.167. The van der Waals surface area contributed by atoms with Gasteiger partial charge in [-0.15, -0.1) is 0 Å². The Morgan fingerprint density at radius 3 is 2.75 bits per heavy atom. The summed E-state index contributed by atoms with van der Waals surface area (Å²) in [6.07, 6.45) is 2.81. The van der Waals surface area contributed by atoms with Crippen molar-refractivity contribution in [3.05, 3.63) is 77.5 Å². The van der Waals surface area contributed by atoms with Gasteiger partial charge in [0.25, 0.3) is 0 Å².